The fraction of sp³-hybridized carbons (Fsp3) is 0.364. The Morgan fingerprint density at radius 2 is 1.70 bits per heavy atom. The summed E-state index contributed by atoms with van der Waals surface area (Å²) >= 11 is 19.9. The molecule has 0 aliphatic rings. The average Bonchev–Trinajstić information content (AvgIpc) is 2.68. The van der Waals surface area contributed by atoms with E-state index >= 15 is 0 Å². The molecule has 0 bridgehead atoms. The zero-order valence-electron chi connectivity index (χ0n) is 17.1. The molecule has 1 atom stereocenters. The summed E-state index contributed by atoms with van der Waals surface area (Å²) in [6.45, 7) is 5.76. The van der Waals surface area contributed by atoms with Gasteiger partial charge in [-0.25, -0.2) is 0 Å². The topological polar surface area (TPSA) is 49.4 Å². The smallest absolute Gasteiger partial charge is 0.242 e. The van der Waals surface area contributed by atoms with Crippen LogP contribution in [0.1, 0.15) is 31.9 Å². The molecule has 0 fully saturated rings. The quantitative estimate of drug-likeness (QED) is 0.485. The van der Waals surface area contributed by atoms with E-state index in [-0.39, 0.29) is 30.2 Å². The van der Waals surface area contributed by atoms with E-state index in [1.807, 2.05) is 38.1 Å². The van der Waals surface area contributed by atoms with Gasteiger partial charge in [0.25, 0.3) is 0 Å². The minimum Gasteiger partial charge on any atom is -0.352 e. The molecule has 0 radical (unpaired) electrons. The third-order valence-electron chi connectivity index (χ3n) is 4.39. The van der Waals surface area contributed by atoms with E-state index in [1.54, 1.807) is 30.0 Å². The van der Waals surface area contributed by atoms with Crippen molar-refractivity contribution in [1.29, 1.82) is 0 Å². The Kier molecular flexibility index (Phi) is 9.82. The van der Waals surface area contributed by atoms with Crippen LogP contribution in [-0.4, -0.2) is 34.6 Å². The molecule has 30 heavy (non-hydrogen) atoms. The van der Waals surface area contributed by atoms with Gasteiger partial charge in [0.15, 0.2) is 0 Å². The van der Waals surface area contributed by atoms with Crippen LogP contribution in [0.2, 0.25) is 15.1 Å². The predicted molar refractivity (Wildman–Crippen MR) is 127 cm³/mol. The second-order valence-electron chi connectivity index (χ2n) is 7.18. The van der Waals surface area contributed by atoms with Gasteiger partial charge in [0.05, 0.1) is 5.75 Å². The molecule has 162 valence electrons. The van der Waals surface area contributed by atoms with Gasteiger partial charge in [-0.05, 0) is 50.1 Å². The predicted octanol–water partition coefficient (Wildman–Crippen LogP) is 5.82. The molecule has 0 aromatic heterocycles. The number of carbonyl (C=O) groups is 2. The number of rotatable bonds is 9. The number of hydrogen-bond donors (Lipinski definition) is 1. The Morgan fingerprint density at radius 1 is 1.00 bits per heavy atom. The molecule has 8 heteroatoms. The van der Waals surface area contributed by atoms with Gasteiger partial charge >= 0.3 is 0 Å². The number of nitrogens with one attached hydrogen (secondary N) is 1. The van der Waals surface area contributed by atoms with Crippen LogP contribution in [-0.2, 0) is 21.9 Å². The number of benzene rings is 2. The number of carbonyl (C=O) groups excluding carboxylic acids is 2. The number of halogens is 3. The van der Waals surface area contributed by atoms with E-state index in [0.29, 0.717) is 20.8 Å². The first-order chi connectivity index (χ1) is 14.2. The average molecular weight is 488 g/mol. The largest absolute Gasteiger partial charge is 0.352 e. The maximum atomic E-state index is 13.0. The molecule has 0 saturated carbocycles. The lowest BCUT2D eigenvalue weighted by atomic mass is 10.1. The summed E-state index contributed by atoms with van der Waals surface area (Å²) < 4.78 is 0. The first-order valence-corrected chi connectivity index (χ1v) is 11.8. The molecule has 0 aliphatic heterocycles. The van der Waals surface area contributed by atoms with Crippen LogP contribution < -0.4 is 5.32 Å². The Hall–Kier alpha value is -1.40. The summed E-state index contributed by atoms with van der Waals surface area (Å²) in [6, 6.07) is 12.0. The highest BCUT2D eigenvalue weighted by Gasteiger charge is 2.27. The Balaban J connectivity index is 2.10. The van der Waals surface area contributed by atoms with Gasteiger partial charge in [-0.3, -0.25) is 9.59 Å². The molecule has 2 aromatic carbocycles. The van der Waals surface area contributed by atoms with Crippen LogP contribution in [0, 0.1) is 0 Å². The monoisotopic (exact) mass is 486 g/mol. The summed E-state index contributed by atoms with van der Waals surface area (Å²) in [6.07, 6.45) is 0. The first-order valence-electron chi connectivity index (χ1n) is 9.54. The van der Waals surface area contributed by atoms with E-state index in [9.17, 15) is 9.59 Å². The highest BCUT2D eigenvalue weighted by molar-refractivity contribution is 7.99. The third-order valence-corrected chi connectivity index (χ3v) is 6.32. The van der Waals surface area contributed by atoms with Crippen LogP contribution in [0.5, 0.6) is 0 Å². The molecule has 1 N–H and O–H groups in total. The van der Waals surface area contributed by atoms with E-state index in [4.69, 9.17) is 34.8 Å². The standard InChI is InChI=1S/C22H25Cl3N2O2S/c1-14(2)26-22(29)15(3)27(11-16-6-4-5-7-19(16)24)21(28)13-30-12-17-8-9-18(23)10-20(17)25/h4-10,14-15H,11-13H2,1-3H3,(H,26,29)/t15-/m0/s1. The zero-order valence-corrected chi connectivity index (χ0v) is 20.2. The van der Waals surface area contributed by atoms with Crippen molar-refractivity contribution in [3.05, 3.63) is 68.7 Å². The normalized spacial score (nSPS) is 12.0. The van der Waals surface area contributed by atoms with Gasteiger partial charge in [0, 0.05) is 33.4 Å². The molecule has 2 rings (SSSR count). The van der Waals surface area contributed by atoms with Crippen molar-refractivity contribution in [2.45, 2.75) is 45.2 Å². The number of amides is 2. The van der Waals surface area contributed by atoms with Crippen LogP contribution in [0.15, 0.2) is 42.5 Å². The first kappa shape index (κ1) is 24.9. The summed E-state index contributed by atoms with van der Waals surface area (Å²) in [4.78, 5) is 27.2. The lowest BCUT2D eigenvalue weighted by Gasteiger charge is -2.29. The van der Waals surface area contributed by atoms with Crippen molar-refractivity contribution in [2.75, 3.05) is 5.75 Å². The van der Waals surface area contributed by atoms with Gasteiger partial charge in [-0.1, -0.05) is 59.1 Å². The highest BCUT2D eigenvalue weighted by atomic mass is 35.5. The minimum absolute atomic E-state index is 0.0152. The fourth-order valence-corrected chi connectivity index (χ4v) is 4.43. The maximum Gasteiger partial charge on any atom is 0.242 e. The zero-order chi connectivity index (χ0) is 22.3. The Morgan fingerprint density at radius 3 is 2.33 bits per heavy atom. The van der Waals surface area contributed by atoms with Gasteiger partial charge in [0.1, 0.15) is 6.04 Å². The van der Waals surface area contributed by atoms with Crippen LogP contribution in [0.4, 0.5) is 0 Å². The molecule has 0 heterocycles. The van der Waals surface area contributed by atoms with Gasteiger partial charge in [-0.15, -0.1) is 11.8 Å². The fourth-order valence-electron chi connectivity index (χ4n) is 2.77. The molecule has 0 saturated heterocycles. The van der Waals surface area contributed by atoms with Crippen molar-refractivity contribution in [3.63, 3.8) is 0 Å². The van der Waals surface area contributed by atoms with Crippen molar-refractivity contribution in [1.82, 2.24) is 10.2 Å². The Labute approximate surface area is 197 Å². The number of thioether (sulfide) groups is 1. The van der Waals surface area contributed by atoms with Crippen LogP contribution in [0.25, 0.3) is 0 Å². The lowest BCUT2D eigenvalue weighted by Crippen LogP contribution is -2.49. The second-order valence-corrected chi connectivity index (χ2v) is 9.42. The molecule has 0 aliphatic carbocycles. The van der Waals surface area contributed by atoms with E-state index in [1.165, 1.54) is 11.8 Å². The van der Waals surface area contributed by atoms with Crippen molar-refractivity contribution >= 4 is 58.4 Å². The maximum absolute atomic E-state index is 13.0. The highest BCUT2D eigenvalue weighted by Crippen LogP contribution is 2.25. The van der Waals surface area contributed by atoms with Crippen LogP contribution in [0.3, 0.4) is 0 Å². The SMILES string of the molecule is CC(C)NC(=O)[C@H](C)N(Cc1ccccc1Cl)C(=O)CSCc1ccc(Cl)cc1Cl. The van der Waals surface area contributed by atoms with E-state index in [2.05, 4.69) is 5.32 Å². The molecular weight excluding hydrogens is 463 g/mol. The molecule has 0 spiro atoms. The molecular formula is C22H25Cl3N2O2S. The van der Waals surface area contributed by atoms with Crippen molar-refractivity contribution in [3.8, 4) is 0 Å². The van der Waals surface area contributed by atoms with Crippen LogP contribution >= 0.6 is 46.6 Å². The molecule has 2 amide bonds. The number of nitrogens with zero attached hydrogens (tertiary/aromatic N) is 1. The van der Waals surface area contributed by atoms with Gasteiger partial charge in [0.2, 0.25) is 11.8 Å². The summed E-state index contributed by atoms with van der Waals surface area (Å²) in [7, 11) is 0. The third kappa shape index (κ3) is 7.38. The summed E-state index contributed by atoms with van der Waals surface area (Å²) in [5.74, 6) is 0.435. The summed E-state index contributed by atoms with van der Waals surface area (Å²) in [5, 5.41) is 4.57. The van der Waals surface area contributed by atoms with Gasteiger partial charge in [-0.2, -0.15) is 0 Å². The molecule has 4 nitrogen and oxygen atoms in total. The number of hydrogen-bond acceptors (Lipinski definition) is 3. The van der Waals surface area contributed by atoms with E-state index < -0.39 is 6.04 Å². The molecule has 0 unspecified atom stereocenters. The van der Waals surface area contributed by atoms with Gasteiger partial charge < -0.3 is 10.2 Å². The second kappa shape index (κ2) is 11.8. The van der Waals surface area contributed by atoms with E-state index in [0.717, 1.165) is 11.1 Å². The Bertz CT molecular complexity index is 892. The van der Waals surface area contributed by atoms with Crippen molar-refractivity contribution in [2.24, 2.45) is 0 Å². The lowest BCUT2D eigenvalue weighted by molar-refractivity contribution is -0.138. The summed E-state index contributed by atoms with van der Waals surface area (Å²) in [5.41, 5.74) is 1.70. The minimum atomic E-state index is -0.629. The van der Waals surface area contributed by atoms with Crippen molar-refractivity contribution < 1.29 is 9.59 Å². The molecule has 2 aromatic rings.